The number of benzene rings is 3. The Morgan fingerprint density at radius 1 is 1.03 bits per heavy atom. The number of rotatable bonds is 4. The van der Waals surface area contributed by atoms with Crippen LogP contribution in [-0.2, 0) is 11.0 Å². The highest BCUT2D eigenvalue weighted by Crippen LogP contribution is 2.39. The van der Waals surface area contributed by atoms with Gasteiger partial charge in [0.2, 0.25) is 5.91 Å². The molecule has 0 aromatic heterocycles. The molecule has 0 saturated carbocycles. The highest BCUT2D eigenvalue weighted by atomic mass is 35.5. The molecule has 1 aliphatic heterocycles. The number of aryl methyl sites for hydroxylation is 1. The van der Waals surface area contributed by atoms with Crippen LogP contribution < -0.4 is 5.32 Å². The largest absolute Gasteiger partial charge is 0.416 e. The van der Waals surface area contributed by atoms with E-state index in [4.69, 9.17) is 11.6 Å². The Bertz CT molecular complexity index is 1260. The minimum Gasteiger partial charge on any atom is -0.331 e. The number of alkyl halides is 3. The number of nitrogens with zero attached hydrogens (tertiary/aromatic N) is 1. The summed E-state index contributed by atoms with van der Waals surface area (Å²) in [6.07, 6.45) is -3.78. The third kappa shape index (κ3) is 5.23. The van der Waals surface area contributed by atoms with Crippen LogP contribution in [0.1, 0.15) is 45.9 Å². The van der Waals surface area contributed by atoms with Gasteiger partial charge in [-0.05, 0) is 55.2 Å². The standard InChI is InChI=1S/C27H23ClF4N2O2/c1-16-7-5-11-21(29)23(16)26(36)34-14-6-10-19(24(34)17-8-3-2-4-9-17)25(35)33-22-15-18(27(30,31)32)12-13-20(22)28/h2-5,7-9,11-13,15,19,24H,6,10,14H2,1H3,(H,33,35)/t19-,24-/m0/s1. The molecule has 0 unspecified atom stereocenters. The molecule has 9 heteroatoms. The Labute approximate surface area is 210 Å². The van der Waals surface area contributed by atoms with E-state index < -0.39 is 41.3 Å². The first-order valence-corrected chi connectivity index (χ1v) is 11.7. The topological polar surface area (TPSA) is 49.4 Å². The minimum absolute atomic E-state index is 0.0432. The molecule has 0 radical (unpaired) electrons. The molecule has 2 amide bonds. The number of likely N-dealkylation sites (tertiary alicyclic amines) is 1. The Balaban J connectivity index is 1.71. The van der Waals surface area contributed by atoms with Gasteiger partial charge in [-0.25, -0.2) is 4.39 Å². The first-order chi connectivity index (χ1) is 17.1. The lowest BCUT2D eigenvalue weighted by Crippen LogP contribution is -2.46. The monoisotopic (exact) mass is 518 g/mol. The fourth-order valence-electron chi connectivity index (χ4n) is 4.63. The van der Waals surface area contributed by atoms with Crippen molar-refractivity contribution in [2.45, 2.75) is 32.0 Å². The zero-order chi connectivity index (χ0) is 26.0. The first kappa shape index (κ1) is 25.7. The second-order valence-corrected chi connectivity index (χ2v) is 9.12. The van der Waals surface area contributed by atoms with Crippen molar-refractivity contribution in [3.63, 3.8) is 0 Å². The molecule has 1 N–H and O–H groups in total. The maximum Gasteiger partial charge on any atom is 0.416 e. The number of nitrogens with one attached hydrogen (secondary N) is 1. The third-order valence-electron chi connectivity index (χ3n) is 6.36. The predicted octanol–water partition coefficient (Wildman–Crippen LogP) is 7.04. The van der Waals surface area contributed by atoms with Gasteiger partial charge < -0.3 is 10.2 Å². The van der Waals surface area contributed by atoms with Crippen molar-refractivity contribution in [2.24, 2.45) is 5.92 Å². The van der Waals surface area contributed by atoms with Gasteiger partial charge in [0, 0.05) is 6.54 Å². The van der Waals surface area contributed by atoms with Crippen molar-refractivity contribution in [2.75, 3.05) is 11.9 Å². The zero-order valence-corrected chi connectivity index (χ0v) is 20.0. The number of piperidine rings is 1. The Morgan fingerprint density at radius 3 is 2.42 bits per heavy atom. The molecule has 1 heterocycles. The molecule has 2 atom stereocenters. The van der Waals surface area contributed by atoms with E-state index in [1.165, 1.54) is 17.0 Å². The van der Waals surface area contributed by atoms with Crippen LogP contribution in [0.3, 0.4) is 0 Å². The van der Waals surface area contributed by atoms with Crippen LogP contribution in [0, 0.1) is 18.7 Å². The van der Waals surface area contributed by atoms with Crippen LogP contribution >= 0.6 is 11.6 Å². The van der Waals surface area contributed by atoms with E-state index >= 15 is 0 Å². The average molecular weight is 519 g/mol. The average Bonchev–Trinajstić information content (AvgIpc) is 2.84. The summed E-state index contributed by atoms with van der Waals surface area (Å²) in [5.41, 5.74) is -0.0571. The van der Waals surface area contributed by atoms with Gasteiger partial charge in [-0.15, -0.1) is 0 Å². The molecule has 1 aliphatic rings. The fraction of sp³-hybridized carbons (Fsp3) is 0.259. The SMILES string of the molecule is Cc1cccc(F)c1C(=O)N1CCC[C@H](C(=O)Nc2cc(C(F)(F)F)ccc2Cl)[C@@H]1c1ccccc1. The van der Waals surface area contributed by atoms with E-state index in [2.05, 4.69) is 5.32 Å². The molecule has 4 nitrogen and oxygen atoms in total. The molecule has 1 saturated heterocycles. The summed E-state index contributed by atoms with van der Waals surface area (Å²) in [5, 5.41) is 2.49. The minimum atomic E-state index is -4.61. The van der Waals surface area contributed by atoms with E-state index in [0.29, 0.717) is 30.5 Å². The van der Waals surface area contributed by atoms with E-state index in [1.54, 1.807) is 43.3 Å². The number of halogens is 5. The maximum atomic E-state index is 14.7. The van der Waals surface area contributed by atoms with Crippen LogP contribution in [0.2, 0.25) is 5.02 Å². The van der Waals surface area contributed by atoms with Gasteiger partial charge in [0.1, 0.15) is 5.82 Å². The second kappa shape index (κ2) is 10.3. The van der Waals surface area contributed by atoms with Crippen LogP contribution in [0.5, 0.6) is 0 Å². The predicted molar refractivity (Wildman–Crippen MR) is 129 cm³/mol. The summed E-state index contributed by atoms with van der Waals surface area (Å²) in [7, 11) is 0. The molecule has 36 heavy (non-hydrogen) atoms. The van der Waals surface area contributed by atoms with Crippen molar-refractivity contribution in [1.82, 2.24) is 4.90 Å². The molecule has 4 rings (SSSR count). The van der Waals surface area contributed by atoms with Crippen molar-refractivity contribution < 1.29 is 27.2 Å². The highest BCUT2D eigenvalue weighted by Gasteiger charge is 2.41. The highest BCUT2D eigenvalue weighted by molar-refractivity contribution is 6.33. The zero-order valence-electron chi connectivity index (χ0n) is 19.3. The van der Waals surface area contributed by atoms with Gasteiger partial charge in [-0.1, -0.05) is 54.1 Å². The molecule has 3 aromatic rings. The van der Waals surface area contributed by atoms with Gasteiger partial charge >= 0.3 is 6.18 Å². The first-order valence-electron chi connectivity index (χ1n) is 11.4. The normalized spacial score (nSPS) is 18.1. The van der Waals surface area contributed by atoms with E-state index in [-0.39, 0.29) is 16.3 Å². The maximum absolute atomic E-state index is 14.7. The summed E-state index contributed by atoms with van der Waals surface area (Å²) < 4.78 is 54.3. The summed E-state index contributed by atoms with van der Waals surface area (Å²) in [5.74, 6) is -2.58. The summed E-state index contributed by atoms with van der Waals surface area (Å²) in [4.78, 5) is 28.5. The molecule has 0 spiro atoms. The summed E-state index contributed by atoms with van der Waals surface area (Å²) in [6, 6.07) is 15.2. The van der Waals surface area contributed by atoms with Crippen LogP contribution in [0.15, 0.2) is 66.7 Å². The van der Waals surface area contributed by atoms with Crippen LogP contribution in [-0.4, -0.2) is 23.3 Å². The molecule has 3 aromatic carbocycles. The summed E-state index contributed by atoms with van der Waals surface area (Å²) >= 11 is 6.09. The van der Waals surface area contributed by atoms with Gasteiger partial charge in [-0.3, -0.25) is 9.59 Å². The number of hydrogen-bond acceptors (Lipinski definition) is 2. The Hall–Kier alpha value is -3.39. The van der Waals surface area contributed by atoms with Gasteiger partial charge in [0.25, 0.3) is 5.91 Å². The van der Waals surface area contributed by atoms with Gasteiger partial charge in [0.05, 0.1) is 33.8 Å². The molecular formula is C27H23ClF4N2O2. The molecular weight excluding hydrogens is 496 g/mol. The number of carbonyl (C=O) groups is 2. The van der Waals surface area contributed by atoms with Crippen LogP contribution in [0.4, 0.5) is 23.2 Å². The number of carbonyl (C=O) groups excluding carboxylic acids is 2. The van der Waals surface area contributed by atoms with Crippen molar-refractivity contribution in [3.8, 4) is 0 Å². The number of hydrogen-bond donors (Lipinski definition) is 1. The molecule has 0 bridgehead atoms. The smallest absolute Gasteiger partial charge is 0.331 e. The number of amides is 2. The third-order valence-corrected chi connectivity index (χ3v) is 6.69. The van der Waals surface area contributed by atoms with E-state index in [0.717, 1.165) is 18.2 Å². The Kier molecular flexibility index (Phi) is 7.36. The Morgan fingerprint density at radius 2 is 1.75 bits per heavy atom. The van der Waals surface area contributed by atoms with E-state index in [9.17, 15) is 27.2 Å². The quantitative estimate of drug-likeness (QED) is 0.377. The second-order valence-electron chi connectivity index (χ2n) is 8.72. The van der Waals surface area contributed by atoms with Crippen molar-refractivity contribution in [1.29, 1.82) is 0 Å². The van der Waals surface area contributed by atoms with Crippen LogP contribution in [0.25, 0.3) is 0 Å². The van der Waals surface area contributed by atoms with Gasteiger partial charge in [0.15, 0.2) is 0 Å². The molecule has 1 fully saturated rings. The molecule has 188 valence electrons. The number of anilines is 1. The fourth-order valence-corrected chi connectivity index (χ4v) is 4.79. The van der Waals surface area contributed by atoms with E-state index in [1.807, 2.05) is 0 Å². The lowest BCUT2D eigenvalue weighted by Gasteiger charge is -2.41. The van der Waals surface area contributed by atoms with Gasteiger partial charge in [-0.2, -0.15) is 13.2 Å². The summed E-state index contributed by atoms with van der Waals surface area (Å²) in [6.45, 7) is 1.93. The molecule has 0 aliphatic carbocycles. The van der Waals surface area contributed by atoms with Crippen molar-refractivity contribution >= 4 is 29.1 Å². The van der Waals surface area contributed by atoms with Crippen molar-refractivity contribution in [3.05, 3.63) is 99.8 Å². The lowest BCUT2D eigenvalue weighted by atomic mass is 9.83. The lowest BCUT2D eigenvalue weighted by molar-refractivity contribution is -0.137.